The molecule has 0 atom stereocenters. The fourth-order valence-corrected chi connectivity index (χ4v) is 2.34. The fourth-order valence-electron chi connectivity index (χ4n) is 2.34. The molecular weight excluding hydrogens is 264 g/mol. The number of hydrogen-bond donors (Lipinski definition) is 1. The van der Waals surface area contributed by atoms with Crippen molar-refractivity contribution in [3.8, 4) is 0 Å². The summed E-state index contributed by atoms with van der Waals surface area (Å²) in [6.45, 7) is 8.54. The largest absolute Gasteiger partial charge is 0.381 e. The van der Waals surface area contributed by atoms with Crippen LogP contribution in [0.3, 0.4) is 0 Å². The van der Waals surface area contributed by atoms with Gasteiger partial charge in [-0.25, -0.2) is 0 Å². The Bertz CT molecular complexity index is 693. The highest BCUT2D eigenvalue weighted by molar-refractivity contribution is 5.60. The van der Waals surface area contributed by atoms with Crippen LogP contribution in [-0.4, -0.2) is 4.92 Å². The Morgan fingerprint density at radius 2 is 1.67 bits per heavy atom. The van der Waals surface area contributed by atoms with E-state index in [2.05, 4.69) is 37.4 Å². The van der Waals surface area contributed by atoms with Crippen LogP contribution in [0, 0.1) is 37.8 Å². The minimum absolute atomic E-state index is 0.156. The van der Waals surface area contributed by atoms with E-state index in [1.165, 1.54) is 16.7 Å². The molecule has 1 N–H and O–H groups in total. The van der Waals surface area contributed by atoms with E-state index in [0.717, 1.165) is 11.3 Å². The molecule has 0 bridgehead atoms. The van der Waals surface area contributed by atoms with Gasteiger partial charge in [0.2, 0.25) is 0 Å². The van der Waals surface area contributed by atoms with Crippen molar-refractivity contribution in [2.45, 2.75) is 34.2 Å². The van der Waals surface area contributed by atoms with Gasteiger partial charge in [0, 0.05) is 23.9 Å². The number of rotatable bonds is 4. The number of benzene rings is 2. The third kappa shape index (κ3) is 3.40. The van der Waals surface area contributed by atoms with Crippen LogP contribution in [0.1, 0.15) is 27.8 Å². The molecule has 4 heteroatoms. The van der Waals surface area contributed by atoms with Crippen LogP contribution in [0.2, 0.25) is 0 Å². The maximum Gasteiger partial charge on any atom is 0.274 e. The van der Waals surface area contributed by atoms with Crippen LogP contribution < -0.4 is 5.32 Å². The third-order valence-electron chi connectivity index (χ3n) is 3.79. The Balaban J connectivity index is 2.21. The summed E-state index contributed by atoms with van der Waals surface area (Å²) in [5, 5.41) is 14.3. The van der Waals surface area contributed by atoms with Crippen molar-refractivity contribution >= 4 is 11.4 Å². The summed E-state index contributed by atoms with van der Waals surface area (Å²) in [6.07, 6.45) is 0. The summed E-state index contributed by atoms with van der Waals surface area (Å²) >= 11 is 0. The Hall–Kier alpha value is -2.36. The van der Waals surface area contributed by atoms with Crippen LogP contribution in [0.5, 0.6) is 0 Å². The van der Waals surface area contributed by atoms with E-state index >= 15 is 0 Å². The van der Waals surface area contributed by atoms with Crippen LogP contribution in [0.25, 0.3) is 0 Å². The molecule has 2 aromatic rings. The second kappa shape index (κ2) is 5.95. The summed E-state index contributed by atoms with van der Waals surface area (Å²) in [6, 6.07) is 9.77. The number of nitrogens with zero attached hydrogens (tertiary/aromatic N) is 1. The van der Waals surface area contributed by atoms with Crippen LogP contribution in [0.4, 0.5) is 11.4 Å². The molecule has 0 heterocycles. The zero-order chi connectivity index (χ0) is 15.6. The number of aryl methyl sites for hydroxylation is 4. The molecule has 0 aliphatic carbocycles. The summed E-state index contributed by atoms with van der Waals surface area (Å²) in [5.74, 6) is 0. The lowest BCUT2D eigenvalue weighted by Crippen LogP contribution is -2.03. The predicted octanol–water partition coefficient (Wildman–Crippen LogP) is 4.44. The number of hydrogen-bond acceptors (Lipinski definition) is 3. The first kappa shape index (κ1) is 15.0. The summed E-state index contributed by atoms with van der Waals surface area (Å²) in [5.41, 5.74) is 6.35. The Morgan fingerprint density at radius 1 is 0.952 bits per heavy atom. The highest BCUT2D eigenvalue weighted by Crippen LogP contribution is 2.26. The van der Waals surface area contributed by atoms with Crippen molar-refractivity contribution in [1.82, 2.24) is 0 Å². The van der Waals surface area contributed by atoms with Crippen molar-refractivity contribution in [3.63, 3.8) is 0 Å². The van der Waals surface area contributed by atoms with Gasteiger partial charge >= 0.3 is 0 Å². The molecule has 0 radical (unpaired) electrons. The summed E-state index contributed by atoms with van der Waals surface area (Å²) in [4.78, 5) is 10.7. The third-order valence-corrected chi connectivity index (χ3v) is 3.79. The first-order valence-corrected chi connectivity index (χ1v) is 6.94. The van der Waals surface area contributed by atoms with Crippen LogP contribution in [-0.2, 0) is 6.54 Å². The molecule has 2 aromatic carbocycles. The van der Waals surface area contributed by atoms with Gasteiger partial charge < -0.3 is 5.32 Å². The molecule has 110 valence electrons. The lowest BCUT2D eigenvalue weighted by atomic mass is 10.1. The molecule has 0 amide bonds. The van der Waals surface area contributed by atoms with E-state index in [0.29, 0.717) is 12.1 Å². The smallest absolute Gasteiger partial charge is 0.274 e. The zero-order valence-corrected chi connectivity index (χ0v) is 12.9. The van der Waals surface area contributed by atoms with E-state index in [1.807, 2.05) is 13.0 Å². The van der Waals surface area contributed by atoms with Gasteiger partial charge in [-0.1, -0.05) is 18.2 Å². The molecule has 0 saturated carbocycles. The van der Waals surface area contributed by atoms with Crippen molar-refractivity contribution in [1.29, 1.82) is 0 Å². The average molecular weight is 284 g/mol. The number of nitrogens with one attached hydrogen (secondary N) is 1. The molecule has 0 saturated heterocycles. The second-order valence-electron chi connectivity index (χ2n) is 5.48. The van der Waals surface area contributed by atoms with E-state index in [1.54, 1.807) is 13.0 Å². The highest BCUT2D eigenvalue weighted by Gasteiger charge is 2.13. The Labute approximate surface area is 125 Å². The molecule has 2 rings (SSSR count). The van der Waals surface area contributed by atoms with Gasteiger partial charge in [0.15, 0.2) is 0 Å². The van der Waals surface area contributed by atoms with Gasteiger partial charge in [0.05, 0.1) is 4.92 Å². The molecule has 0 aliphatic rings. The zero-order valence-electron chi connectivity index (χ0n) is 12.9. The van der Waals surface area contributed by atoms with E-state index in [9.17, 15) is 10.1 Å². The standard InChI is InChI=1S/C17H20N2O2/c1-11-5-6-15(8-12(11)2)10-18-16-9-17(19(20)21)14(4)7-13(16)3/h5-9,18H,10H2,1-4H3. The van der Waals surface area contributed by atoms with Gasteiger partial charge in [-0.2, -0.15) is 0 Å². The number of nitro benzene ring substituents is 1. The van der Waals surface area contributed by atoms with E-state index in [-0.39, 0.29) is 10.6 Å². The van der Waals surface area contributed by atoms with Crippen molar-refractivity contribution < 1.29 is 4.92 Å². The molecule has 0 spiro atoms. The van der Waals surface area contributed by atoms with Gasteiger partial charge in [0.25, 0.3) is 5.69 Å². The second-order valence-corrected chi connectivity index (χ2v) is 5.48. The van der Waals surface area contributed by atoms with Crippen molar-refractivity contribution in [2.24, 2.45) is 0 Å². The van der Waals surface area contributed by atoms with Gasteiger partial charge in [-0.05, 0) is 56.0 Å². The number of anilines is 1. The molecular formula is C17H20N2O2. The van der Waals surface area contributed by atoms with Crippen molar-refractivity contribution in [3.05, 3.63) is 68.3 Å². The predicted molar refractivity (Wildman–Crippen MR) is 85.8 cm³/mol. The highest BCUT2D eigenvalue weighted by atomic mass is 16.6. The average Bonchev–Trinajstić information content (AvgIpc) is 2.41. The summed E-state index contributed by atoms with van der Waals surface area (Å²) < 4.78 is 0. The van der Waals surface area contributed by atoms with Crippen LogP contribution in [0.15, 0.2) is 30.3 Å². The first-order chi connectivity index (χ1) is 9.88. The Morgan fingerprint density at radius 3 is 2.29 bits per heavy atom. The summed E-state index contributed by atoms with van der Waals surface area (Å²) in [7, 11) is 0. The first-order valence-electron chi connectivity index (χ1n) is 6.94. The van der Waals surface area contributed by atoms with Gasteiger partial charge in [-0.15, -0.1) is 0 Å². The molecule has 4 nitrogen and oxygen atoms in total. The lowest BCUT2D eigenvalue weighted by Gasteiger charge is -2.12. The molecule has 21 heavy (non-hydrogen) atoms. The molecule has 0 aromatic heterocycles. The quantitative estimate of drug-likeness (QED) is 0.667. The normalized spacial score (nSPS) is 10.5. The lowest BCUT2D eigenvalue weighted by molar-refractivity contribution is -0.385. The van der Waals surface area contributed by atoms with Gasteiger partial charge in [-0.3, -0.25) is 10.1 Å². The maximum absolute atomic E-state index is 11.0. The SMILES string of the molecule is Cc1ccc(CNc2cc([N+](=O)[O-])c(C)cc2C)cc1C. The fraction of sp³-hybridized carbons (Fsp3) is 0.294. The number of nitro groups is 1. The molecule has 0 fully saturated rings. The minimum Gasteiger partial charge on any atom is -0.381 e. The topological polar surface area (TPSA) is 55.2 Å². The maximum atomic E-state index is 11.0. The minimum atomic E-state index is -0.337. The molecule has 0 aliphatic heterocycles. The van der Waals surface area contributed by atoms with E-state index < -0.39 is 0 Å². The van der Waals surface area contributed by atoms with Crippen molar-refractivity contribution in [2.75, 3.05) is 5.32 Å². The molecule has 0 unspecified atom stereocenters. The van der Waals surface area contributed by atoms with E-state index in [4.69, 9.17) is 0 Å². The Kier molecular flexibility index (Phi) is 4.26. The monoisotopic (exact) mass is 284 g/mol. The van der Waals surface area contributed by atoms with Gasteiger partial charge in [0.1, 0.15) is 0 Å². The van der Waals surface area contributed by atoms with Crippen LogP contribution >= 0.6 is 0 Å².